The van der Waals surface area contributed by atoms with E-state index in [2.05, 4.69) is 59.4 Å². The van der Waals surface area contributed by atoms with Crippen molar-refractivity contribution < 1.29 is 47.8 Å². The van der Waals surface area contributed by atoms with Gasteiger partial charge in [-0.3, -0.25) is 43.3 Å². The second-order valence-electron chi connectivity index (χ2n) is 18.8. The number of hydrogen-bond donors (Lipinski definition) is 4. The lowest BCUT2D eigenvalue weighted by Crippen LogP contribution is -2.52. The predicted molar refractivity (Wildman–Crippen MR) is 252 cm³/mol. The Kier molecular flexibility index (Phi) is 24.7. The van der Waals surface area contributed by atoms with Gasteiger partial charge in [0.1, 0.15) is 23.8 Å². The van der Waals surface area contributed by atoms with Gasteiger partial charge in [-0.2, -0.15) is 10.2 Å². The van der Waals surface area contributed by atoms with Crippen LogP contribution in [0.5, 0.6) is 0 Å². The number of aliphatic imine (C=N–C) groups is 1. The summed E-state index contributed by atoms with van der Waals surface area (Å²) in [5.41, 5.74) is 5.16. The van der Waals surface area contributed by atoms with E-state index in [1.807, 2.05) is 27.7 Å². The third kappa shape index (κ3) is 20.5. The molecular weight excluding hydrogens is 835 g/mol. The molecule has 0 saturated heterocycles. The Morgan fingerprint density at radius 3 is 1.49 bits per heavy atom. The number of carbonyl (C=O) groups excluding carboxylic acids is 8. The summed E-state index contributed by atoms with van der Waals surface area (Å²) in [4.78, 5) is 105. The van der Waals surface area contributed by atoms with Crippen LogP contribution < -0.4 is 21.5 Å². The molecule has 1 fully saturated rings. The van der Waals surface area contributed by atoms with Gasteiger partial charge in [-0.15, -0.1) is 0 Å². The fourth-order valence-electron chi connectivity index (χ4n) is 7.00. The zero-order valence-corrected chi connectivity index (χ0v) is 41.9. The van der Waals surface area contributed by atoms with Gasteiger partial charge in [0.2, 0.25) is 0 Å². The van der Waals surface area contributed by atoms with Crippen molar-refractivity contribution in [1.82, 2.24) is 21.5 Å². The molecule has 17 nitrogen and oxygen atoms in total. The minimum Gasteiger partial charge on any atom is -0.462 e. The van der Waals surface area contributed by atoms with Gasteiger partial charge >= 0.3 is 35.6 Å². The van der Waals surface area contributed by atoms with Crippen molar-refractivity contribution in [2.24, 2.45) is 38.4 Å². The highest BCUT2D eigenvalue weighted by Crippen LogP contribution is 2.49. The molecule has 0 bridgehead atoms. The topological polar surface area (TPSA) is 240 Å². The lowest BCUT2D eigenvalue weighted by atomic mass is 9.59. The summed E-state index contributed by atoms with van der Waals surface area (Å²) in [6.07, 6.45) is 5.56. The zero-order valence-electron chi connectivity index (χ0n) is 41.9. The molecule has 1 aliphatic carbocycles. The number of esters is 2. The normalized spacial score (nSPS) is 18.8. The van der Waals surface area contributed by atoms with Gasteiger partial charge in [0.15, 0.2) is 0 Å². The number of nitrogens with one attached hydrogen (secondary N) is 4. The Hall–Kier alpha value is -4.83. The SMILES string of the molecule is CCC(C)(CC)N=C(C)CCC(=O)C(C)C(C)OC(=O)CCC(C)=NNC(=O)C(=O)NN=C(C)CCC(=O)C(C)C(C)OC(=O)CCC1(C)CCC1CNC(=O)C(=O)NC(C)(CC)CC. The molecule has 6 atom stereocenters. The van der Waals surface area contributed by atoms with Crippen molar-refractivity contribution in [3.8, 4) is 0 Å². The number of carbonyl (C=O) groups is 8. The monoisotopic (exact) mass is 916 g/mol. The summed E-state index contributed by atoms with van der Waals surface area (Å²) in [6.45, 7) is 26.4. The Labute approximate surface area is 387 Å². The molecule has 6 unspecified atom stereocenters. The number of hydrogen-bond acceptors (Lipinski definition) is 13. The number of nitrogens with zero attached hydrogens (tertiary/aromatic N) is 3. The largest absolute Gasteiger partial charge is 0.462 e. The molecule has 65 heavy (non-hydrogen) atoms. The number of ketones is 2. The van der Waals surface area contributed by atoms with Crippen LogP contribution in [0.2, 0.25) is 0 Å². The molecular formula is C48H81N7O10. The molecule has 1 aliphatic rings. The van der Waals surface area contributed by atoms with Crippen LogP contribution in [0, 0.1) is 23.2 Å². The highest BCUT2D eigenvalue weighted by Gasteiger charge is 2.43. The van der Waals surface area contributed by atoms with Crippen molar-refractivity contribution in [2.45, 2.75) is 210 Å². The van der Waals surface area contributed by atoms with Crippen LogP contribution in [-0.2, 0) is 47.8 Å². The number of Topliss-reactive ketones (excluding diaryl/α,β-unsaturated/α-hetero) is 2. The summed E-state index contributed by atoms with van der Waals surface area (Å²) < 4.78 is 11.1. The number of hydrazone groups is 2. The van der Waals surface area contributed by atoms with Gasteiger partial charge in [-0.05, 0) is 124 Å². The molecule has 0 aromatic rings. The van der Waals surface area contributed by atoms with Gasteiger partial charge < -0.3 is 20.1 Å². The van der Waals surface area contributed by atoms with Crippen LogP contribution in [0.15, 0.2) is 15.2 Å². The first-order valence-corrected chi connectivity index (χ1v) is 23.5. The number of amides is 4. The van der Waals surface area contributed by atoms with E-state index in [1.165, 1.54) is 0 Å². The van der Waals surface area contributed by atoms with Gasteiger partial charge in [0, 0.05) is 48.5 Å². The molecule has 0 heterocycles. The van der Waals surface area contributed by atoms with E-state index in [9.17, 15) is 38.4 Å². The van der Waals surface area contributed by atoms with E-state index in [0.717, 1.165) is 31.4 Å². The van der Waals surface area contributed by atoms with E-state index in [0.29, 0.717) is 50.1 Å². The lowest BCUT2D eigenvalue weighted by Gasteiger charge is -2.47. The standard InChI is InChI=1S/C48H81N7O10/c1-15-47(13,16-2)50-30(5)19-22-38(56)33(8)35(10)64-40(58)24-21-32(7)53-55-45(63)44(62)54-52-31(6)20-23-39(57)34(9)36(11)65-41(59)26-28-46(12)27-25-37(46)29-49-42(60)43(61)51-48(14,17-3)18-4/h33-37H,15-29H2,1-14H3,(H,49,60)(H,51,61)(H,54,62)(H,55,63). The van der Waals surface area contributed by atoms with Crippen LogP contribution >= 0.6 is 0 Å². The van der Waals surface area contributed by atoms with Crippen molar-refractivity contribution in [2.75, 3.05) is 6.54 Å². The molecule has 0 aromatic carbocycles. The van der Waals surface area contributed by atoms with E-state index in [1.54, 1.807) is 41.5 Å². The molecule has 4 amide bonds. The zero-order chi connectivity index (χ0) is 49.7. The lowest BCUT2D eigenvalue weighted by molar-refractivity contribution is -0.154. The highest BCUT2D eigenvalue weighted by atomic mass is 16.5. The Morgan fingerprint density at radius 1 is 0.615 bits per heavy atom. The minimum atomic E-state index is -1.08. The highest BCUT2D eigenvalue weighted by molar-refractivity contribution is 6.35. The van der Waals surface area contributed by atoms with E-state index >= 15 is 0 Å². The van der Waals surface area contributed by atoms with E-state index in [-0.39, 0.29) is 60.5 Å². The molecule has 0 aliphatic heterocycles. The maximum absolute atomic E-state index is 12.9. The van der Waals surface area contributed by atoms with Crippen LogP contribution in [-0.4, -0.2) is 94.1 Å². The quantitative estimate of drug-likeness (QED) is 0.0283. The van der Waals surface area contributed by atoms with Crippen LogP contribution in [0.1, 0.15) is 187 Å². The third-order valence-corrected chi connectivity index (χ3v) is 13.7. The Morgan fingerprint density at radius 2 is 1.06 bits per heavy atom. The molecule has 1 saturated carbocycles. The van der Waals surface area contributed by atoms with Crippen molar-refractivity contribution in [1.29, 1.82) is 0 Å². The Balaban J connectivity index is 2.45. The molecule has 368 valence electrons. The first-order chi connectivity index (χ1) is 30.3. The first-order valence-electron chi connectivity index (χ1n) is 23.5. The third-order valence-electron chi connectivity index (χ3n) is 13.7. The summed E-state index contributed by atoms with van der Waals surface area (Å²) >= 11 is 0. The van der Waals surface area contributed by atoms with Crippen molar-refractivity contribution in [3.63, 3.8) is 0 Å². The molecule has 1 rings (SSSR count). The molecule has 17 heteroatoms. The molecule has 0 radical (unpaired) electrons. The number of ether oxygens (including phenoxy) is 2. The van der Waals surface area contributed by atoms with E-state index < -0.39 is 65.1 Å². The summed E-state index contributed by atoms with van der Waals surface area (Å²) in [6, 6.07) is 0. The average molecular weight is 916 g/mol. The van der Waals surface area contributed by atoms with E-state index in [4.69, 9.17) is 14.5 Å². The number of rotatable bonds is 28. The van der Waals surface area contributed by atoms with Gasteiger partial charge in [0.25, 0.3) is 0 Å². The fourth-order valence-corrected chi connectivity index (χ4v) is 7.00. The first kappa shape index (κ1) is 58.2. The summed E-state index contributed by atoms with van der Waals surface area (Å²) in [5.74, 6) is -5.59. The smallest absolute Gasteiger partial charge is 0.331 e. The van der Waals surface area contributed by atoms with Gasteiger partial charge in [-0.25, -0.2) is 10.9 Å². The predicted octanol–water partition coefficient (Wildman–Crippen LogP) is 6.63. The summed E-state index contributed by atoms with van der Waals surface area (Å²) in [5, 5.41) is 13.3. The maximum atomic E-state index is 12.9. The molecule has 4 N–H and O–H groups in total. The van der Waals surface area contributed by atoms with Crippen molar-refractivity contribution >= 4 is 64.3 Å². The maximum Gasteiger partial charge on any atom is 0.331 e. The molecule has 0 aromatic heterocycles. The molecule has 0 spiro atoms. The second-order valence-corrected chi connectivity index (χ2v) is 18.8. The average Bonchev–Trinajstić information content (AvgIpc) is 3.27. The van der Waals surface area contributed by atoms with Crippen LogP contribution in [0.4, 0.5) is 0 Å². The summed E-state index contributed by atoms with van der Waals surface area (Å²) in [7, 11) is 0. The van der Waals surface area contributed by atoms with Crippen LogP contribution in [0.3, 0.4) is 0 Å². The fraction of sp³-hybridized carbons (Fsp3) is 0.771. The van der Waals surface area contributed by atoms with Gasteiger partial charge in [-0.1, -0.05) is 48.5 Å². The van der Waals surface area contributed by atoms with Crippen molar-refractivity contribution in [3.05, 3.63) is 0 Å². The Bertz CT molecular complexity index is 1770. The van der Waals surface area contributed by atoms with Gasteiger partial charge in [0.05, 0.1) is 23.8 Å². The minimum absolute atomic E-state index is 0.0140. The van der Waals surface area contributed by atoms with Crippen LogP contribution in [0.25, 0.3) is 0 Å². The second kappa shape index (κ2) is 27.6.